The Balaban J connectivity index is 1.60. The first kappa shape index (κ1) is 20.1. The Hall–Kier alpha value is -3.60. The van der Waals surface area contributed by atoms with E-state index in [1.165, 1.54) is 11.3 Å². The number of rotatable bonds is 5. The van der Waals surface area contributed by atoms with Gasteiger partial charge in [0.05, 0.1) is 17.5 Å². The van der Waals surface area contributed by atoms with E-state index in [-0.39, 0.29) is 23.9 Å². The number of anilines is 1. The lowest BCUT2D eigenvalue weighted by Gasteiger charge is -2.07. The lowest BCUT2D eigenvalue weighted by atomic mass is 10.1. The van der Waals surface area contributed by atoms with Crippen molar-refractivity contribution in [2.24, 2.45) is 5.92 Å². The summed E-state index contributed by atoms with van der Waals surface area (Å²) in [5.41, 5.74) is 4.57. The summed E-state index contributed by atoms with van der Waals surface area (Å²) in [5.74, 6) is -1.52. The largest absolute Gasteiger partial charge is 0.302 e. The number of aromatic amines is 1. The van der Waals surface area contributed by atoms with E-state index in [4.69, 9.17) is 0 Å². The second kappa shape index (κ2) is 8.61. The third-order valence-electron chi connectivity index (χ3n) is 3.87. The zero-order valence-corrected chi connectivity index (χ0v) is 16.4. The molecule has 0 fully saturated rings. The van der Waals surface area contributed by atoms with Crippen molar-refractivity contribution < 1.29 is 14.4 Å². The van der Waals surface area contributed by atoms with Crippen molar-refractivity contribution in [3.8, 4) is 0 Å². The van der Waals surface area contributed by atoms with Crippen molar-refractivity contribution in [1.82, 2.24) is 26.0 Å². The van der Waals surface area contributed by atoms with Gasteiger partial charge in [-0.1, -0.05) is 32.0 Å². The lowest BCUT2D eigenvalue weighted by Crippen LogP contribution is -2.43. The number of hydrogen-bond acceptors (Lipinski definition) is 7. The molecule has 0 atom stereocenters. The number of amides is 3. The Bertz CT molecular complexity index is 1140. The first-order valence-electron chi connectivity index (χ1n) is 8.67. The fraction of sp³-hybridized carbons (Fsp3) is 0.222. The fourth-order valence-electron chi connectivity index (χ4n) is 2.38. The van der Waals surface area contributed by atoms with Crippen molar-refractivity contribution >= 4 is 45.0 Å². The third-order valence-corrected chi connectivity index (χ3v) is 4.68. The molecular weight excluding hydrogens is 396 g/mol. The summed E-state index contributed by atoms with van der Waals surface area (Å²) in [6, 6.07) is 6.52. The minimum Gasteiger partial charge on any atom is -0.302 e. The molecule has 2 heterocycles. The van der Waals surface area contributed by atoms with Crippen LogP contribution in [0.2, 0.25) is 0 Å². The number of H-pyrrole nitrogens is 1. The minimum atomic E-state index is -0.672. The van der Waals surface area contributed by atoms with Crippen molar-refractivity contribution in [2.45, 2.75) is 20.3 Å². The molecule has 3 rings (SSSR count). The normalized spacial score (nSPS) is 10.7. The molecule has 11 heteroatoms. The van der Waals surface area contributed by atoms with E-state index in [9.17, 15) is 19.2 Å². The maximum absolute atomic E-state index is 12.3. The topological polar surface area (TPSA) is 146 Å². The number of nitrogens with zero attached hydrogens (tertiary/aromatic N) is 2. The van der Waals surface area contributed by atoms with Gasteiger partial charge < -0.3 is 5.32 Å². The van der Waals surface area contributed by atoms with E-state index in [0.717, 1.165) is 0 Å². The highest BCUT2D eigenvalue weighted by Gasteiger charge is 2.16. The second-order valence-corrected chi connectivity index (χ2v) is 7.27. The molecule has 0 aliphatic rings. The Kier molecular flexibility index (Phi) is 5.98. The molecule has 3 amide bonds. The maximum Gasteiger partial charge on any atom is 0.290 e. The quantitative estimate of drug-likeness (QED) is 0.458. The van der Waals surface area contributed by atoms with Crippen molar-refractivity contribution in [2.75, 3.05) is 5.32 Å². The van der Waals surface area contributed by atoms with Crippen LogP contribution in [0.5, 0.6) is 0 Å². The van der Waals surface area contributed by atoms with Gasteiger partial charge in [0.25, 0.3) is 11.5 Å². The Morgan fingerprint density at radius 1 is 1.14 bits per heavy atom. The molecule has 0 spiro atoms. The summed E-state index contributed by atoms with van der Waals surface area (Å²) in [6.07, 6.45) is -0.0892. The molecule has 4 N–H and O–H groups in total. The summed E-state index contributed by atoms with van der Waals surface area (Å²) in [6.45, 7) is 3.53. The summed E-state index contributed by atoms with van der Waals surface area (Å²) in [4.78, 5) is 52.0. The van der Waals surface area contributed by atoms with Gasteiger partial charge in [0.15, 0.2) is 10.8 Å². The van der Waals surface area contributed by atoms with Gasteiger partial charge in [-0.2, -0.15) is 5.10 Å². The highest BCUT2D eigenvalue weighted by molar-refractivity contribution is 7.13. The number of hydrazine groups is 1. The molecule has 0 bridgehead atoms. The van der Waals surface area contributed by atoms with E-state index in [1.54, 1.807) is 43.5 Å². The molecule has 0 saturated carbocycles. The van der Waals surface area contributed by atoms with Gasteiger partial charge in [-0.3, -0.25) is 30.0 Å². The average molecular weight is 414 g/mol. The number of fused-ring (bicyclic) bond motifs is 1. The molecule has 0 radical (unpaired) electrons. The number of carbonyl (C=O) groups is 3. The lowest BCUT2D eigenvalue weighted by molar-refractivity contribution is -0.121. The van der Waals surface area contributed by atoms with Gasteiger partial charge in [0.1, 0.15) is 0 Å². The van der Waals surface area contributed by atoms with Gasteiger partial charge >= 0.3 is 0 Å². The predicted molar refractivity (Wildman–Crippen MR) is 107 cm³/mol. The van der Waals surface area contributed by atoms with E-state index in [1.807, 2.05) is 0 Å². The first-order valence-corrected chi connectivity index (χ1v) is 9.55. The minimum absolute atomic E-state index is 0.0205. The molecule has 3 aromatic rings. The standard InChI is InChI=1S/C18H18N6O4S/c1-9(2)15(26)20-18-19-10(8-29-18)7-13(25)21-24-17(28)14-11-5-3-4-6-12(11)16(27)23-22-14/h3-6,8-9H,7H2,1-2H3,(H,21,25)(H,23,27)(H,24,28)(H,19,20,26). The highest BCUT2D eigenvalue weighted by Crippen LogP contribution is 2.16. The molecule has 29 heavy (non-hydrogen) atoms. The van der Waals surface area contributed by atoms with Crippen molar-refractivity contribution in [1.29, 1.82) is 0 Å². The number of hydrogen-bond donors (Lipinski definition) is 4. The van der Waals surface area contributed by atoms with Gasteiger partial charge in [-0.25, -0.2) is 10.1 Å². The van der Waals surface area contributed by atoms with Crippen LogP contribution in [0.1, 0.15) is 30.0 Å². The number of carbonyl (C=O) groups excluding carboxylic acids is 3. The number of benzene rings is 1. The monoisotopic (exact) mass is 414 g/mol. The highest BCUT2D eigenvalue weighted by atomic mass is 32.1. The molecule has 10 nitrogen and oxygen atoms in total. The molecule has 0 aliphatic carbocycles. The van der Waals surface area contributed by atoms with Crippen LogP contribution in [0.15, 0.2) is 34.4 Å². The van der Waals surface area contributed by atoms with Crippen LogP contribution in [-0.2, 0) is 16.0 Å². The molecular formula is C18H18N6O4S. The van der Waals surface area contributed by atoms with E-state index in [2.05, 4.69) is 31.3 Å². The zero-order chi connectivity index (χ0) is 21.0. The summed E-state index contributed by atoms with van der Waals surface area (Å²) in [7, 11) is 0. The van der Waals surface area contributed by atoms with E-state index < -0.39 is 17.4 Å². The van der Waals surface area contributed by atoms with Crippen LogP contribution in [0.3, 0.4) is 0 Å². The van der Waals surface area contributed by atoms with Crippen molar-refractivity contribution in [3.05, 3.63) is 51.4 Å². The second-order valence-electron chi connectivity index (χ2n) is 6.41. The zero-order valence-electron chi connectivity index (χ0n) is 15.6. The Labute approximate surface area is 168 Å². The van der Waals surface area contributed by atoms with Crippen LogP contribution in [0.4, 0.5) is 5.13 Å². The number of thiazole rings is 1. The number of nitrogens with one attached hydrogen (secondary N) is 4. The van der Waals surface area contributed by atoms with Crippen LogP contribution >= 0.6 is 11.3 Å². The average Bonchev–Trinajstić information content (AvgIpc) is 3.13. The Morgan fingerprint density at radius 2 is 1.86 bits per heavy atom. The predicted octanol–water partition coefficient (Wildman–Crippen LogP) is 0.978. The van der Waals surface area contributed by atoms with Gasteiger partial charge in [0, 0.05) is 16.7 Å². The first-order chi connectivity index (χ1) is 13.8. The molecule has 150 valence electrons. The molecule has 0 unspecified atom stereocenters. The van der Waals surface area contributed by atoms with Crippen LogP contribution in [0, 0.1) is 5.92 Å². The molecule has 2 aromatic heterocycles. The maximum atomic E-state index is 12.3. The molecule has 1 aromatic carbocycles. The molecule has 0 aliphatic heterocycles. The SMILES string of the molecule is CC(C)C(=O)Nc1nc(CC(=O)NNC(=O)c2n[nH]c(=O)c3ccccc23)cs1. The van der Waals surface area contributed by atoms with Crippen LogP contribution < -0.4 is 21.7 Å². The van der Waals surface area contributed by atoms with Gasteiger partial charge in [-0.15, -0.1) is 11.3 Å². The smallest absolute Gasteiger partial charge is 0.290 e. The van der Waals surface area contributed by atoms with Gasteiger partial charge in [-0.05, 0) is 6.07 Å². The summed E-state index contributed by atoms with van der Waals surface area (Å²) < 4.78 is 0. The van der Waals surface area contributed by atoms with E-state index in [0.29, 0.717) is 21.6 Å². The van der Waals surface area contributed by atoms with Gasteiger partial charge in [0.2, 0.25) is 11.8 Å². The molecule has 0 saturated heterocycles. The van der Waals surface area contributed by atoms with Crippen LogP contribution in [-0.4, -0.2) is 32.9 Å². The third kappa shape index (κ3) is 4.82. The summed E-state index contributed by atoms with van der Waals surface area (Å²) >= 11 is 1.21. The fourth-order valence-corrected chi connectivity index (χ4v) is 3.09. The number of aromatic nitrogens is 3. The van der Waals surface area contributed by atoms with E-state index >= 15 is 0 Å². The van der Waals surface area contributed by atoms with Crippen molar-refractivity contribution in [3.63, 3.8) is 0 Å². The summed E-state index contributed by atoms with van der Waals surface area (Å²) in [5, 5.41) is 11.4. The van der Waals surface area contributed by atoms with Crippen LogP contribution in [0.25, 0.3) is 10.8 Å². The Morgan fingerprint density at radius 3 is 2.59 bits per heavy atom.